The van der Waals surface area contributed by atoms with E-state index in [-0.39, 0.29) is 12.2 Å². The van der Waals surface area contributed by atoms with E-state index in [1.165, 1.54) is 12.3 Å². The van der Waals surface area contributed by atoms with E-state index in [4.69, 9.17) is 5.11 Å². The normalized spacial score (nSPS) is 10.1. The summed E-state index contributed by atoms with van der Waals surface area (Å²) in [6, 6.07) is 9.33. The number of rotatable bonds is 3. The molecular weight excluding hydrogens is 235 g/mol. The second-order valence-corrected chi connectivity index (χ2v) is 3.64. The Morgan fingerprint density at radius 1 is 1.33 bits per heavy atom. The molecule has 2 rings (SSSR count). The predicted molar refractivity (Wildman–Crippen MR) is 64.5 cm³/mol. The molecular formula is C13H11FN2O2. The molecule has 18 heavy (non-hydrogen) atoms. The van der Waals surface area contributed by atoms with Gasteiger partial charge in [-0.25, -0.2) is 4.98 Å². The van der Waals surface area contributed by atoms with Crippen LogP contribution in [0.5, 0.6) is 0 Å². The Labute approximate surface area is 103 Å². The summed E-state index contributed by atoms with van der Waals surface area (Å²) in [4.78, 5) is 15.2. The Kier molecular flexibility index (Phi) is 3.64. The van der Waals surface area contributed by atoms with Crippen LogP contribution in [0.1, 0.15) is 15.9 Å². The van der Waals surface area contributed by atoms with Gasteiger partial charge >= 0.3 is 0 Å². The molecule has 0 aliphatic rings. The van der Waals surface area contributed by atoms with E-state index in [0.29, 0.717) is 11.3 Å². The zero-order valence-electron chi connectivity index (χ0n) is 9.43. The number of hydrogen-bond acceptors (Lipinski definition) is 3. The van der Waals surface area contributed by atoms with Crippen molar-refractivity contribution in [2.24, 2.45) is 0 Å². The second-order valence-electron chi connectivity index (χ2n) is 3.64. The molecule has 1 amide bonds. The largest absolute Gasteiger partial charge is 0.392 e. The lowest BCUT2D eigenvalue weighted by molar-refractivity contribution is 0.102. The van der Waals surface area contributed by atoms with Gasteiger partial charge in [-0.2, -0.15) is 4.39 Å². The molecule has 0 aliphatic carbocycles. The fourth-order valence-electron chi connectivity index (χ4n) is 1.52. The maximum absolute atomic E-state index is 12.9. The first kappa shape index (κ1) is 12.2. The molecule has 0 bridgehead atoms. The predicted octanol–water partition coefficient (Wildman–Crippen LogP) is 1.97. The van der Waals surface area contributed by atoms with Crippen LogP contribution >= 0.6 is 0 Å². The number of halogens is 1. The van der Waals surface area contributed by atoms with Gasteiger partial charge in [-0.15, -0.1) is 0 Å². The van der Waals surface area contributed by atoms with Crippen LogP contribution in [0.2, 0.25) is 0 Å². The third-order valence-corrected chi connectivity index (χ3v) is 2.42. The van der Waals surface area contributed by atoms with Crippen LogP contribution in [-0.4, -0.2) is 16.0 Å². The highest BCUT2D eigenvalue weighted by Crippen LogP contribution is 2.16. The number of carbonyl (C=O) groups excluding carboxylic acids is 1. The summed E-state index contributed by atoms with van der Waals surface area (Å²) in [7, 11) is 0. The minimum atomic E-state index is -0.710. The van der Waals surface area contributed by atoms with Crippen LogP contribution in [-0.2, 0) is 6.61 Å². The third kappa shape index (κ3) is 2.70. The van der Waals surface area contributed by atoms with Gasteiger partial charge in [0.1, 0.15) is 0 Å². The Morgan fingerprint density at radius 3 is 2.83 bits per heavy atom. The zero-order valence-corrected chi connectivity index (χ0v) is 9.43. The van der Waals surface area contributed by atoms with Gasteiger partial charge in [0.25, 0.3) is 5.91 Å². The quantitative estimate of drug-likeness (QED) is 0.814. The van der Waals surface area contributed by atoms with E-state index in [1.807, 2.05) is 0 Å². The van der Waals surface area contributed by atoms with Gasteiger partial charge in [0.05, 0.1) is 6.61 Å². The summed E-state index contributed by atoms with van der Waals surface area (Å²) in [5.74, 6) is -1.16. The van der Waals surface area contributed by atoms with Gasteiger partial charge in [0.15, 0.2) is 0 Å². The van der Waals surface area contributed by atoms with E-state index in [9.17, 15) is 9.18 Å². The minimum absolute atomic E-state index is 0.176. The van der Waals surface area contributed by atoms with Crippen molar-refractivity contribution in [1.82, 2.24) is 4.98 Å². The monoisotopic (exact) mass is 246 g/mol. The number of carbonyl (C=O) groups is 1. The molecule has 0 aliphatic heterocycles. The molecule has 1 aromatic carbocycles. The van der Waals surface area contributed by atoms with Crippen LogP contribution in [0.25, 0.3) is 0 Å². The number of aliphatic hydroxyl groups excluding tert-OH is 1. The van der Waals surface area contributed by atoms with Crippen molar-refractivity contribution in [2.75, 3.05) is 5.32 Å². The molecule has 0 saturated heterocycles. The summed E-state index contributed by atoms with van der Waals surface area (Å²) in [6.07, 6.45) is 1.22. The average Bonchev–Trinajstić information content (AvgIpc) is 2.39. The third-order valence-electron chi connectivity index (χ3n) is 2.42. The van der Waals surface area contributed by atoms with Gasteiger partial charge in [0, 0.05) is 29.1 Å². The van der Waals surface area contributed by atoms with Crippen molar-refractivity contribution in [3.05, 3.63) is 59.7 Å². The van der Waals surface area contributed by atoms with Crippen LogP contribution in [0, 0.1) is 5.95 Å². The van der Waals surface area contributed by atoms with E-state index < -0.39 is 11.9 Å². The molecule has 5 heteroatoms. The first-order valence-corrected chi connectivity index (χ1v) is 5.32. The molecule has 1 aromatic heterocycles. The number of para-hydroxylation sites is 1. The minimum Gasteiger partial charge on any atom is -0.392 e. The summed E-state index contributed by atoms with van der Waals surface area (Å²) in [5.41, 5.74) is 1.28. The number of nitrogens with one attached hydrogen (secondary N) is 1. The Hall–Kier alpha value is -2.27. The smallest absolute Gasteiger partial charge is 0.255 e. The number of aliphatic hydroxyl groups is 1. The standard InChI is InChI=1S/C13H11FN2O2/c14-12-7-9(5-6-15-12)13(18)16-11-4-2-1-3-10(11)8-17/h1-7,17H,8H2,(H,16,18). The summed E-state index contributed by atoms with van der Waals surface area (Å²) >= 11 is 0. The molecule has 92 valence electrons. The maximum Gasteiger partial charge on any atom is 0.255 e. The van der Waals surface area contributed by atoms with Crippen molar-refractivity contribution in [2.45, 2.75) is 6.61 Å². The van der Waals surface area contributed by atoms with E-state index >= 15 is 0 Å². The lowest BCUT2D eigenvalue weighted by Gasteiger charge is -2.09. The van der Waals surface area contributed by atoms with Gasteiger partial charge < -0.3 is 10.4 Å². The van der Waals surface area contributed by atoms with Crippen LogP contribution < -0.4 is 5.32 Å². The summed E-state index contributed by atoms with van der Waals surface area (Å²) in [6.45, 7) is -0.179. The van der Waals surface area contributed by atoms with Gasteiger partial charge in [-0.05, 0) is 12.1 Å². The lowest BCUT2D eigenvalue weighted by atomic mass is 10.1. The van der Waals surface area contributed by atoms with Crippen molar-refractivity contribution >= 4 is 11.6 Å². The fraction of sp³-hybridized carbons (Fsp3) is 0.0769. The first-order chi connectivity index (χ1) is 8.70. The molecule has 0 spiro atoms. The fourth-order valence-corrected chi connectivity index (χ4v) is 1.52. The topological polar surface area (TPSA) is 62.2 Å². The van der Waals surface area contributed by atoms with E-state index in [2.05, 4.69) is 10.3 Å². The van der Waals surface area contributed by atoms with E-state index in [0.717, 1.165) is 6.07 Å². The van der Waals surface area contributed by atoms with Crippen molar-refractivity contribution in [3.8, 4) is 0 Å². The molecule has 0 radical (unpaired) electrons. The van der Waals surface area contributed by atoms with Crippen molar-refractivity contribution in [1.29, 1.82) is 0 Å². The Bertz CT molecular complexity index is 572. The lowest BCUT2D eigenvalue weighted by Crippen LogP contribution is -2.13. The summed E-state index contributed by atoms with van der Waals surface area (Å²) in [5, 5.41) is 11.7. The van der Waals surface area contributed by atoms with Gasteiger partial charge in [0.2, 0.25) is 5.95 Å². The number of aromatic nitrogens is 1. The summed E-state index contributed by atoms with van der Waals surface area (Å²) < 4.78 is 12.9. The average molecular weight is 246 g/mol. The van der Waals surface area contributed by atoms with Gasteiger partial charge in [-0.3, -0.25) is 4.79 Å². The molecule has 0 atom stereocenters. The van der Waals surface area contributed by atoms with Crippen LogP contribution in [0.4, 0.5) is 10.1 Å². The zero-order chi connectivity index (χ0) is 13.0. The number of amides is 1. The van der Waals surface area contributed by atoms with Crippen molar-refractivity contribution in [3.63, 3.8) is 0 Å². The first-order valence-electron chi connectivity index (χ1n) is 5.32. The number of nitrogens with zero attached hydrogens (tertiary/aromatic N) is 1. The molecule has 0 fully saturated rings. The van der Waals surface area contributed by atoms with Crippen LogP contribution in [0.3, 0.4) is 0 Å². The van der Waals surface area contributed by atoms with E-state index in [1.54, 1.807) is 24.3 Å². The second kappa shape index (κ2) is 5.37. The number of benzene rings is 1. The highest BCUT2D eigenvalue weighted by Gasteiger charge is 2.09. The van der Waals surface area contributed by atoms with Crippen LogP contribution in [0.15, 0.2) is 42.6 Å². The van der Waals surface area contributed by atoms with Crippen molar-refractivity contribution < 1.29 is 14.3 Å². The molecule has 2 aromatic rings. The highest BCUT2D eigenvalue weighted by atomic mass is 19.1. The number of hydrogen-bond donors (Lipinski definition) is 2. The highest BCUT2D eigenvalue weighted by molar-refractivity contribution is 6.04. The Morgan fingerprint density at radius 2 is 2.11 bits per heavy atom. The molecule has 1 heterocycles. The molecule has 2 N–H and O–H groups in total. The number of anilines is 1. The molecule has 0 unspecified atom stereocenters. The Balaban J connectivity index is 2.21. The molecule has 4 nitrogen and oxygen atoms in total. The maximum atomic E-state index is 12.9. The number of pyridine rings is 1. The van der Waals surface area contributed by atoms with Gasteiger partial charge in [-0.1, -0.05) is 18.2 Å². The molecule has 0 saturated carbocycles. The SMILES string of the molecule is O=C(Nc1ccccc1CO)c1ccnc(F)c1.